The SMILES string of the molecule is O=C(COc1ccccc1-c1ccccc1)N=Nc1c(O)[nH]c2ccccc12. The molecule has 0 unspecified atom stereocenters. The zero-order valence-corrected chi connectivity index (χ0v) is 14.9. The normalized spacial score (nSPS) is 11.1. The number of nitrogens with zero attached hydrogens (tertiary/aromatic N) is 2. The van der Waals surface area contributed by atoms with Crippen molar-refractivity contribution < 1.29 is 14.6 Å². The minimum absolute atomic E-state index is 0.131. The summed E-state index contributed by atoms with van der Waals surface area (Å²) in [6, 6.07) is 24.5. The Hall–Kier alpha value is -3.93. The molecule has 0 aliphatic carbocycles. The van der Waals surface area contributed by atoms with Crippen LogP contribution in [0.5, 0.6) is 11.6 Å². The average Bonchev–Trinajstić information content (AvgIpc) is 3.06. The summed E-state index contributed by atoms with van der Waals surface area (Å²) in [6.45, 7) is -0.254. The summed E-state index contributed by atoms with van der Waals surface area (Å²) >= 11 is 0. The number of hydrogen-bond acceptors (Lipinski definition) is 4. The Kier molecular flexibility index (Phi) is 4.84. The predicted molar refractivity (Wildman–Crippen MR) is 107 cm³/mol. The molecule has 1 aromatic heterocycles. The molecule has 4 aromatic rings. The largest absolute Gasteiger partial charge is 0.493 e. The maximum absolute atomic E-state index is 12.1. The second-order valence-electron chi connectivity index (χ2n) is 6.11. The molecule has 0 radical (unpaired) electrons. The van der Waals surface area contributed by atoms with Gasteiger partial charge in [0.1, 0.15) is 5.75 Å². The Morgan fingerprint density at radius 3 is 2.50 bits per heavy atom. The number of hydrogen-bond donors (Lipinski definition) is 2. The van der Waals surface area contributed by atoms with Crippen LogP contribution < -0.4 is 4.74 Å². The number of ether oxygens (including phenoxy) is 1. The van der Waals surface area contributed by atoms with Gasteiger partial charge in [-0.3, -0.25) is 4.79 Å². The van der Waals surface area contributed by atoms with E-state index in [1.807, 2.05) is 60.7 Å². The monoisotopic (exact) mass is 371 g/mol. The molecule has 0 aliphatic rings. The van der Waals surface area contributed by atoms with Crippen LogP contribution in [-0.4, -0.2) is 22.6 Å². The maximum Gasteiger partial charge on any atom is 0.302 e. The van der Waals surface area contributed by atoms with Crippen molar-refractivity contribution in [3.63, 3.8) is 0 Å². The molecule has 1 amide bonds. The number of benzene rings is 3. The first-order valence-corrected chi connectivity index (χ1v) is 8.74. The van der Waals surface area contributed by atoms with Crippen LogP contribution in [0.15, 0.2) is 89.1 Å². The molecule has 0 fully saturated rings. The van der Waals surface area contributed by atoms with Crippen LogP contribution in [0.4, 0.5) is 5.69 Å². The number of rotatable bonds is 5. The number of fused-ring (bicyclic) bond motifs is 1. The molecular formula is C22H17N3O3. The van der Waals surface area contributed by atoms with Crippen molar-refractivity contribution in [2.75, 3.05) is 6.61 Å². The summed E-state index contributed by atoms with van der Waals surface area (Å²) in [7, 11) is 0. The number of aromatic hydroxyl groups is 1. The number of aromatic amines is 1. The quantitative estimate of drug-likeness (QED) is 0.471. The predicted octanol–water partition coefficient (Wildman–Crippen LogP) is 5.23. The van der Waals surface area contributed by atoms with Gasteiger partial charge in [0, 0.05) is 10.9 Å². The lowest BCUT2D eigenvalue weighted by Crippen LogP contribution is -2.08. The molecule has 138 valence electrons. The van der Waals surface area contributed by atoms with Crippen molar-refractivity contribution in [3.05, 3.63) is 78.9 Å². The lowest BCUT2D eigenvalue weighted by molar-refractivity contribution is -0.120. The van der Waals surface area contributed by atoms with Gasteiger partial charge in [0.05, 0.1) is 5.52 Å². The zero-order chi connectivity index (χ0) is 19.3. The van der Waals surface area contributed by atoms with Crippen molar-refractivity contribution in [1.29, 1.82) is 0 Å². The molecule has 3 aromatic carbocycles. The number of para-hydroxylation sites is 2. The van der Waals surface area contributed by atoms with Crippen LogP contribution in [0.25, 0.3) is 22.0 Å². The second kappa shape index (κ2) is 7.75. The summed E-state index contributed by atoms with van der Waals surface area (Å²) in [5.41, 5.74) is 2.83. The molecule has 28 heavy (non-hydrogen) atoms. The lowest BCUT2D eigenvalue weighted by Gasteiger charge is -2.10. The van der Waals surface area contributed by atoms with E-state index >= 15 is 0 Å². The van der Waals surface area contributed by atoms with Gasteiger partial charge in [-0.05, 0) is 17.7 Å². The summed E-state index contributed by atoms with van der Waals surface area (Å²) in [5, 5.41) is 18.2. The Labute approximate surface area is 161 Å². The Balaban J connectivity index is 1.48. The molecular weight excluding hydrogens is 354 g/mol. The topological polar surface area (TPSA) is 87.0 Å². The number of aromatic nitrogens is 1. The van der Waals surface area contributed by atoms with Gasteiger partial charge in [0.25, 0.3) is 0 Å². The first-order valence-electron chi connectivity index (χ1n) is 8.74. The van der Waals surface area contributed by atoms with Crippen molar-refractivity contribution in [3.8, 4) is 22.8 Å². The summed E-state index contributed by atoms with van der Waals surface area (Å²) in [6.07, 6.45) is 0. The van der Waals surface area contributed by atoms with Gasteiger partial charge in [-0.2, -0.15) is 0 Å². The lowest BCUT2D eigenvalue weighted by atomic mass is 10.1. The van der Waals surface area contributed by atoms with E-state index in [1.165, 1.54) is 0 Å². The van der Waals surface area contributed by atoms with Gasteiger partial charge in [-0.1, -0.05) is 66.7 Å². The van der Waals surface area contributed by atoms with Gasteiger partial charge >= 0.3 is 5.91 Å². The number of carbonyl (C=O) groups is 1. The number of nitrogens with one attached hydrogen (secondary N) is 1. The highest BCUT2D eigenvalue weighted by atomic mass is 16.5. The fraction of sp³-hybridized carbons (Fsp3) is 0.0455. The van der Waals surface area contributed by atoms with Crippen molar-refractivity contribution in [2.45, 2.75) is 0 Å². The van der Waals surface area contributed by atoms with Gasteiger partial charge in [-0.15, -0.1) is 10.2 Å². The molecule has 6 heteroatoms. The third-order valence-corrected chi connectivity index (χ3v) is 4.24. The van der Waals surface area contributed by atoms with Crippen LogP contribution in [0.3, 0.4) is 0 Å². The maximum atomic E-state index is 12.1. The highest BCUT2D eigenvalue weighted by molar-refractivity contribution is 5.94. The highest BCUT2D eigenvalue weighted by Crippen LogP contribution is 2.35. The number of carbonyl (C=O) groups excluding carboxylic acids is 1. The molecule has 0 aliphatic heterocycles. The Morgan fingerprint density at radius 2 is 1.64 bits per heavy atom. The summed E-state index contributed by atoms with van der Waals surface area (Å²) < 4.78 is 5.67. The van der Waals surface area contributed by atoms with Gasteiger partial charge in [0.15, 0.2) is 12.3 Å². The molecule has 6 nitrogen and oxygen atoms in total. The van der Waals surface area contributed by atoms with Gasteiger partial charge in [-0.25, -0.2) is 0 Å². The van der Waals surface area contributed by atoms with Crippen LogP contribution in [-0.2, 0) is 4.79 Å². The van der Waals surface area contributed by atoms with Gasteiger partial charge in [0.2, 0.25) is 5.88 Å². The first-order chi connectivity index (χ1) is 13.7. The molecule has 0 saturated carbocycles. The zero-order valence-electron chi connectivity index (χ0n) is 14.9. The van der Waals surface area contributed by atoms with Crippen molar-refractivity contribution in [2.24, 2.45) is 10.2 Å². The number of amides is 1. The van der Waals surface area contributed by atoms with Crippen molar-refractivity contribution >= 4 is 22.5 Å². The van der Waals surface area contributed by atoms with Gasteiger partial charge < -0.3 is 14.8 Å². The second-order valence-corrected chi connectivity index (χ2v) is 6.11. The smallest absolute Gasteiger partial charge is 0.302 e. The van der Waals surface area contributed by atoms with E-state index in [4.69, 9.17) is 4.74 Å². The van der Waals surface area contributed by atoms with E-state index in [9.17, 15) is 9.90 Å². The van der Waals surface area contributed by atoms with Crippen LogP contribution in [0.1, 0.15) is 0 Å². The van der Waals surface area contributed by atoms with Crippen LogP contribution >= 0.6 is 0 Å². The third kappa shape index (κ3) is 3.61. The van der Waals surface area contributed by atoms with Crippen molar-refractivity contribution in [1.82, 2.24) is 4.98 Å². The van der Waals surface area contributed by atoms with E-state index in [2.05, 4.69) is 15.2 Å². The highest BCUT2D eigenvalue weighted by Gasteiger charge is 2.11. The summed E-state index contributed by atoms with van der Waals surface area (Å²) in [5.74, 6) is -0.0900. The minimum Gasteiger partial charge on any atom is -0.493 e. The number of azo groups is 1. The van der Waals surface area contributed by atoms with Crippen LogP contribution in [0, 0.1) is 0 Å². The fourth-order valence-electron chi connectivity index (χ4n) is 2.94. The fourth-order valence-corrected chi connectivity index (χ4v) is 2.94. The standard InChI is InChI=1S/C22H17N3O3/c26-20(24-25-21-17-11-4-6-12-18(17)23-22(21)27)14-28-19-13-7-5-10-16(19)15-8-2-1-3-9-15/h1-13,23,27H,14H2. The Bertz CT molecular complexity index is 1150. The van der Waals surface area contributed by atoms with Crippen LogP contribution in [0.2, 0.25) is 0 Å². The minimum atomic E-state index is -0.549. The molecule has 0 saturated heterocycles. The summed E-state index contributed by atoms with van der Waals surface area (Å²) in [4.78, 5) is 14.9. The van der Waals surface area contributed by atoms with E-state index in [-0.39, 0.29) is 18.2 Å². The molecule has 2 N–H and O–H groups in total. The molecule has 0 atom stereocenters. The molecule has 0 bridgehead atoms. The Morgan fingerprint density at radius 1 is 0.929 bits per heavy atom. The van der Waals surface area contributed by atoms with E-state index in [0.717, 1.165) is 16.6 Å². The van der Waals surface area contributed by atoms with E-state index in [1.54, 1.807) is 18.2 Å². The third-order valence-electron chi connectivity index (χ3n) is 4.24. The number of H-pyrrole nitrogens is 1. The first kappa shape index (κ1) is 17.5. The molecule has 1 heterocycles. The van der Waals surface area contributed by atoms with E-state index in [0.29, 0.717) is 11.1 Å². The molecule has 0 spiro atoms. The van der Waals surface area contributed by atoms with E-state index < -0.39 is 5.91 Å². The average molecular weight is 371 g/mol. The molecule has 4 rings (SSSR count).